The van der Waals surface area contributed by atoms with E-state index in [0.29, 0.717) is 45.7 Å². The Morgan fingerprint density at radius 3 is 2.53 bits per heavy atom. The number of hydrogen-bond acceptors (Lipinski definition) is 6. The van der Waals surface area contributed by atoms with Gasteiger partial charge < -0.3 is 15.2 Å². The minimum absolute atomic E-state index is 0. The van der Waals surface area contributed by atoms with Crippen LogP contribution in [0.4, 0.5) is 5.82 Å². The first-order valence-corrected chi connectivity index (χ1v) is 10.6. The number of methoxy groups -OCH3 is 1. The monoisotopic (exact) mass is 471 g/mol. The molecule has 0 spiro atoms. The molecular weight excluding hydrogens is 449 g/mol. The first kappa shape index (κ1) is 22.2. The lowest BCUT2D eigenvalue weighted by Crippen LogP contribution is -2.07. The Labute approximate surface area is 196 Å². The average molecular weight is 472 g/mol. The molecule has 0 aliphatic heterocycles. The standard InChI is InChI=1S/C23H22ClN5O2.ClH/c1-3-31-20-16(24)10-14(11-17(20)30-2)19-18-21(25)26-22(27-23(18)29-28-19)15-8-12-6-4-5-7-13(12)9-15;/h4-7,10-11,15H,3,8-9H2,1-2H3,(H3,25,26,27,28,29);1H. The number of rotatable bonds is 5. The molecule has 5 rings (SSSR count). The van der Waals surface area contributed by atoms with Gasteiger partial charge in [0.05, 0.1) is 24.1 Å². The zero-order valence-electron chi connectivity index (χ0n) is 17.7. The van der Waals surface area contributed by atoms with Crippen LogP contribution in [0, 0.1) is 0 Å². The van der Waals surface area contributed by atoms with Crippen LogP contribution in [0.1, 0.15) is 29.8 Å². The van der Waals surface area contributed by atoms with Crippen LogP contribution in [0.2, 0.25) is 5.02 Å². The zero-order valence-corrected chi connectivity index (χ0v) is 19.3. The molecule has 0 saturated carbocycles. The summed E-state index contributed by atoms with van der Waals surface area (Å²) in [6.45, 7) is 2.37. The van der Waals surface area contributed by atoms with Crippen molar-refractivity contribution in [3.63, 3.8) is 0 Å². The van der Waals surface area contributed by atoms with Crippen LogP contribution in [-0.2, 0) is 12.8 Å². The van der Waals surface area contributed by atoms with Gasteiger partial charge >= 0.3 is 0 Å². The van der Waals surface area contributed by atoms with Crippen molar-refractivity contribution in [3.8, 4) is 22.8 Å². The Morgan fingerprint density at radius 1 is 1.16 bits per heavy atom. The smallest absolute Gasteiger partial charge is 0.179 e. The molecule has 1 aliphatic carbocycles. The topological polar surface area (TPSA) is 98.9 Å². The summed E-state index contributed by atoms with van der Waals surface area (Å²) in [5.74, 6) is 2.36. The third-order valence-corrected chi connectivity index (χ3v) is 5.95. The lowest BCUT2D eigenvalue weighted by Gasteiger charge is -2.13. The number of nitrogen functional groups attached to an aromatic ring is 1. The Hall–Kier alpha value is -3.03. The van der Waals surface area contributed by atoms with E-state index < -0.39 is 0 Å². The number of nitrogens with zero attached hydrogens (tertiary/aromatic N) is 3. The van der Waals surface area contributed by atoms with Crippen LogP contribution in [0.5, 0.6) is 11.5 Å². The van der Waals surface area contributed by atoms with Crippen molar-refractivity contribution in [2.24, 2.45) is 0 Å². The van der Waals surface area contributed by atoms with Crippen molar-refractivity contribution >= 4 is 40.9 Å². The van der Waals surface area contributed by atoms with Gasteiger partial charge in [0.2, 0.25) is 0 Å². The summed E-state index contributed by atoms with van der Waals surface area (Å²) in [5, 5.41) is 8.58. The molecule has 2 aromatic carbocycles. The summed E-state index contributed by atoms with van der Waals surface area (Å²) >= 11 is 6.45. The van der Waals surface area contributed by atoms with Crippen molar-refractivity contribution in [2.45, 2.75) is 25.7 Å². The second kappa shape index (κ2) is 8.84. The highest BCUT2D eigenvalue weighted by atomic mass is 35.5. The molecular formula is C23H23Cl2N5O2. The third kappa shape index (κ3) is 3.72. The highest BCUT2D eigenvalue weighted by Gasteiger charge is 2.27. The van der Waals surface area contributed by atoms with Gasteiger partial charge in [-0.25, -0.2) is 9.97 Å². The molecule has 0 amide bonds. The molecule has 3 N–H and O–H groups in total. The normalized spacial score (nSPS) is 13.1. The summed E-state index contributed by atoms with van der Waals surface area (Å²) in [7, 11) is 1.57. The lowest BCUT2D eigenvalue weighted by molar-refractivity contribution is 0.311. The van der Waals surface area contributed by atoms with Crippen molar-refractivity contribution < 1.29 is 9.47 Å². The van der Waals surface area contributed by atoms with Gasteiger partial charge in [-0.15, -0.1) is 12.4 Å². The molecule has 4 aromatic rings. The van der Waals surface area contributed by atoms with Gasteiger partial charge in [-0.2, -0.15) is 5.10 Å². The number of fused-ring (bicyclic) bond motifs is 2. The van der Waals surface area contributed by atoms with E-state index in [1.165, 1.54) is 11.1 Å². The van der Waals surface area contributed by atoms with E-state index in [1.807, 2.05) is 13.0 Å². The number of aromatic amines is 1. The summed E-state index contributed by atoms with van der Waals surface area (Å²) in [6.07, 6.45) is 1.82. The molecule has 2 heterocycles. The maximum atomic E-state index is 6.45. The van der Waals surface area contributed by atoms with Crippen LogP contribution in [0.15, 0.2) is 36.4 Å². The van der Waals surface area contributed by atoms with E-state index in [0.717, 1.165) is 24.2 Å². The number of nitrogens with one attached hydrogen (secondary N) is 1. The number of H-pyrrole nitrogens is 1. The highest BCUT2D eigenvalue weighted by molar-refractivity contribution is 6.32. The summed E-state index contributed by atoms with van der Waals surface area (Å²) in [4.78, 5) is 9.42. The van der Waals surface area contributed by atoms with Crippen LogP contribution >= 0.6 is 24.0 Å². The molecule has 166 valence electrons. The number of hydrogen-bond donors (Lipinski definition) is 2. The molecule has 0 saturated heterocycles. The van der Waals surface area contributed by atoms with Crippen molar-refractivity contribution in [1.82, 2.24) is 20.2 Å². The van der Waals surface area contributed by atoms with Gasteiger partial charge in [-0.1, -0.05) is 35.9 Å². The number of halogens is 2. The van der Waals surface area contributed by atoms with Crippen molar-refractivity contribution in [3.05, 3.63) is 58.4 Å². The van der Waals surface area contributed by atoms with Gasteiger partial charge in [0.1, 0.15) is 17.3 Å². The van der Waals surface area contributed by atoms with E-state index in [2.05, 4.69) is 39.4 Å². The highest BCUT2D eigenvalue weighted by Crippen LogP contribution is 2.41. The fourth-order valence-electron chi connectivity index (χ4n) is 4.25. The van der Waals surface area contributed by atoms with Gasteiger partial charge in [0, 0.05) is 11.5 Å². The largest absolute Gasteiger partial charge is 0.493 e. The minimum Gasteiger partial charge on any atom is -0.493 e. The van der Waals surface area contributed by atoms with Gasteiger partial charge in [-0.3, -0.25) is 5.10 Å². The van der Waals surface area contributed by atoms with Crippen LogP contribution in [0.25, 0.3) is 22.3 Å². The van der Waals surface area contributed by atoms with Crippen molar-refractivity contribution in [1.29, 1.82) is 0 Å². The van der Waals surface area contributed by atoms with Crippen LogP contribution in [0.3, 0.4) is 0 Å². The molecule has 1 aliphatic rings. The Kier molecular flexibility index (Phi) is 6.13. The molecule has 0 atom stereocenters. The fraction of sp³-hybridized carbons (Fsp3) is 0.261. The molecule has 0 bridgehead atoms. The molecule has 0 fully saturated rings. The van der Waals surface area contributed by atoms with Crippen LogP contribution in [-0.4, -0.2) is 33.9 Å². The SMILES string of the molecule is CCOc1c(Cl)cc(-c2n[nH]c3nc(C4Cc5ccccc5C4)nc(N)c23)cc1OC.Cl. The summed E-state index contributed by atoms with van der Waals surface area (Å²) < 4.78 is 11.1. The Bertz CT molecular complexity index is 1270. The number of nitrogens with two attached hydrogens (primary N) is 1. The van der Waals surface area contributed by atoms with Crippen molar-refractivity contribution in [2.75, 3.05) is 19.5 Å². The molecule has 9 heteroatoms. The van der Waals surface area contributed by atoms with Gasteiger partial charge in [0.15, 0.2) is 17.1 Å². The predicted octanol–water partition coefficient (Wildman–Crippen LogP) is 4.97. The number of anilines is 1. The summed E-state index contributed by atoms with van der Waals surface area (Å²) in [5.41, 5.74) is 11.1. The Balaban J connectivity index is 0.00000245. The van der Waals surface area contributed by atoms with E-state index in [9.17, 15) is 0 Å². The van der Waals surface area contributed by atoms with E-state index in [4.69, 9.17) is 31.8 Å². The zero-order chi connectivity index (χ0) is 21.5. The first-order chi connectivity index (χ1) is 15.1. The molecule has 2 aromatic heterocycles. The summed E-state index contributed by atoms with van der Waals surface area (Å²) in [6, 6.07) is 12.1. The molecule has 0 radical (unpaired) electrons. The maximum absolute atomic E-state index is 6.45. The van der Waals surface area contributed by atoms with E-state index in [1.54, 1.807) is 13.2 Å². The number of ether oxygens (including phenoxy) is 2. The lowest BCUT2D eigenvalue weighted by atomic mass is 10.0. The van der Waals surface area contributed by atoms with Crippen LogP contribution < -0.4 is 15.2 Å². The van der Waals surface area contributed by atoms with E-state index >= 15 is 0 Å². The predicted molar refractivity (Wildman–Crippen MR) is 128 cm³/mol. The van der Waals surface area contributed by atoms with E-state index in [-0.39, 0.29) is 18.3 Å². The molecule has 32 heavy (non-hydrogen) atoms. The quantitative estimate of drug-likeness (QED) is 0.426. The van der Waals surface area contributed by atoms with Gasteiger partial charge in [-0.05, 0) is 43.0 Å². The second-order valence-corrected chi connectivity index (χ2v) is 7.97. The molecule has 0 unspecified atom stereocenters. The number of benzene rings is 2. The number of aromatic nitrogens is 4. The maximum Gasteiger partial charge on any atom is 0.179 e. The minimum atomic E-state index is 0. The average Bonchev–Trinajstić information content (AvgIpc) is 3.39. The molecule has 7 nitrogen and oxygen atoms in total. The Morgan fingerprint density at radius 2 is 1.88 bits per heavy atom. The fourth-order valence-corrected chi connectivity index (χ4v) is 4.51. The second-order valence-electron chi connectivity index (χ2n) is 7.56. The van der Waals surface area contributed by atoms with Gasteiger partial charge in [0.25, 0.3) is 0 Å². The third-order valence-electron chi connectivity index (χ3n) is 5.67. The first-order valence-electron chi connectivity index (χ1n) is 10.2.